The monoisotopic (exact) mass is 333 g/mol. The first kappa shape index (κ1) is 14.8. The number of nitrogens with zero attached hydrogens (tertiary/aromatic N) is 3. The van der Waals surface area contributed by atoms with Crippen molar-refractivity contribution >= 4 is 23.2 Å². The first-order valence-corrected chi connectivity index (χ1v) is 7.39. The van der Waals surface area contributed by atoms with Gasteiger partial charge in [-0.3, -0.25) is 0 Å². The van der Waals surface area contributed by atoms with Crippen LogP contribution in [0, 0.1) is 0 Å². The van der Waals surface area contributed by atoms with Gasteiger partial charge in [0.1, 0.15) is 16.9 Å². The number of benzene rings is 2. The summed E-state index contributed by atoms with van der Waals surface area (Å²) in [6.45, 7) is 0. The zero-order valence-corrected chi connectivity index (χ0v) is 12.8. The molecule has 4 rings (SSSR count). The molecule has 0 amide bonds. The van der Waals surface area contributed by atoms with E-state index in [1.165, 1.54) is 6.21 Å². The quantitative estimate of drug-likeness (QED) is 0.456. The van der Waals surface area contributed by atoms with Gasteiger partial charge in [-0.2, -0.15) is 0 Å². The third-order valence-corrected chi connectivity index (χ3v) is 3.54. The van der Waals surface area contributed by atoms with Crippen molar-refractivity contribution in [2.24, 2.45) is 4.99 Å². The summed E-state index contributed by atoms with van der Waals surface area (Å²) in [7, 11) is 0. The Bertz CT molecular complexity index is 1140. The van der Waals surface area contributed by atoms with E-state index in [9.17, 15) is 9.90 Å². The number of rotatable bonds is 3. The lowest BCUT2D eigenvalue weighted by atomic mass is 10.2. The van der Waals surface area contributed by atoms with E-state index in [4.69, 9.17) is 8.83 Å². The van der Waals surface area contributed by atoms with E-state index in [0.29, 0.717) is 11.1 Å². The highest BCUT2D eigenvalue weighted by Crippen LogP contribution is 2.22. The molecule has 7 heteroatoms. The highest BCUT2D eigenvalue weighted by atomic mass is 16.4. The van der Waals surface area contributed by atoms with Gasteiger partial charge in [0.15, 0.2) is 0 Å². The van der Waals surface area contributed by atoms with Crippen molar-refractivity contribution in [1.29, 1.82) is 0 Å². The second-order valence-corrected chi connectivity index (χ2v) is 5.19. The summed E-state index contributed by atoms with van der Waals surface area (Å²) >= 11 is 0. The topological polar surface area (TPSA) is 102 Å². The van der Waals surface area contributed by atoms with Gasteiger partial charge in [-0.15, -0.1) is 5.10 Å². The van der Waals surface area contributed by atoms with Gasteiger partial charge >= 0.3 is 11.6 Å². The summed E-state index contributed by atoms with van der Waals surface area (Å²) < 4.78 is 10.6. The molecule has 2 aromatic heterocycles. The molecular weight excluding hydrogens is 322 g/mol. The van der Waals surface area contributed by atoms with Crippen molar-refractivity contribution in [2.75, 3.05) is 0 Å². The summed E-state index contributed by atoms with van der Waals surface area (Å²) in [5, 5.41) is 18.1. The van der Waals surface area contributed by atoms with Crippen molar-refractivity contribution in [2.45, 2.75) is 0 Å². The maximum absolute atomic E-state index is 12.1. The Morgan fingerprint density at radius 1 is 1.00 bits per heavy atom. The lowest BCUT2D eigenvalue weighted by molar-refractivity contribution is 0.474. The maximum Gasteiger partial charge on any atom is 0.349 e. The van der Waals surface area contributed by atoms with Gasteiger partial charge in [0.2, 0.25) is 0 Å². The number of fused-ring (bicyclic) bond motifs is 1. The van der Waals surface area contributed by atoms with E-state index < -0.39 is 5.63 Å². The predicted molar refractivity (Wildman–Crippen MR) is 91.1 cm³/mol. The molecule has 4 aromatic rings. The third-order valence-electron chi connectivity index (χ3n) is 3.54. The van der Waals surface area contributed by atoms with Crippen LogP contribution < -0.4 is 5.63 Å². The summed E-state index contributed by atoms with van der Waals surface area (Å²) in [6, 6.07) is 15.4. The van der Waals surface area contributed by atoms with Crippen LogP contribution in [-0.2, 0) is 0 Å². The van der Waals surface area contributed by atoms with Gasteiger partial charge in [-0.05, 0) is 24.3 Å². The fourth-order valence-corrected chi connectivity index (χ4v) is 2.31. The van der Waals surface area contributed by atoms with Crippen LogP contribution in [0.4, 0.5) is 6.01 Å². The first-order valence-electron chi connectivity index (χ1n) is 7.39. The average molecular weight is 333 g/mol. The van der Waals surface area contributed by atoms with Crippen LogP contribution in [-0.4, -0.2) is 21.5 Å². The van der Waals surface area contributed by atoms with Crippen molar-refractivity contribution in [1.82, 2.24) is 10.2 Å². The molecule has 122 valence electrons. The Kier molecular flexibility index (Phi) is 3.59. The SMILES string of the molecule is O=c1oc2ccccc2cc1-c1nnc(/N=C/c2ccccc2O)o1. The minimum absolute atomic E-state index is 0.0175. The molecule has 0 saturated heterocycles. The number of hydrogen-bond donors (Lipinski definition) is 1. The van der Waals surface area contributed by atoms with Crippen molar-refractivity contribution in [3.05, 3.63) is 70.6 Å². The van der Waals surface area contributed by atoms with Crippen LogP contribution in [0.15, 0.2) is 73.2 Å². The molecule has 0 fully saturated rings. The number of aliphatic imine (C=N–C) groups is 1. The second-order valence-electron chi connectivity index (χ2n) is 5.19. The Morgan fingerprint density at radius 3 is 2.68 bits per heavy atom. The summed E-state index contributed by atoms with van der Waals surface area (Å²) in [5.41, 5.74) is 0.579. The molecule has 7 nitrogen and oxygen atoms in total. The van der Waals surface area contributed by atoms with Crippen LogP contribution in [0.3, 0.4) is 0 Å². The number of aromatic nitrogens is 2. The van der Waals surface area contributed by atoms with Crippen LogP contribution in [0.5, 0.6) is 5.75 Å². The Labute approximate surface area is 140 Å². The lowest BCUT2D eigenvalue weighted by Gasteiger charge is -1.97. The van der Waals surface area contributed by atoms with Crippen molar-refractivity contribution in [3.63, 3.8) is 0 Å². The van der Waals surface area contributed by atoms with E-state index in [-0.39, 0.29) is 23.2 Å². The zero-order chi connectivity index (χ0) is 17.2. The second kappa shape index (κ2) is 6.04. The van der Waals surface area contributed by atoms with E-state index >= 15 is 0 Å². The molecule has 1 N–H and O–H groups in total. The molecule has 0 radical (unpaired) electrons. The highest BCUT2D eigenvalue weighted by molar-refractivity contribution is 5.84. The molecule has 25 heavy (non-hydrogen) atoms. The highest BCUT2D eigenvalue weighted by Gasteiger charge is 2.14. The lowest BCUT2D eigenvalue weighted by Crippen LogP contribution is -2.02. The molecule has 0 atom stereocenters. The number of para-hydroxylation sites is 2. The average Bonchev–Trinajstić information content (AvgIpc) is 3.09. The van der Waals surface area contributed by atoms with Gasteiger partial charge in [0, 0.05) is 17.2 Å². The van der Waals surface area contributed by atoms with E-state index in [2.05, 4.69) is 15.2 Å². The van der Waals surface area contributed by atoms with E-state index in [1.54, 1.807) is 42.5 Å². The van der Waals surface area contributed by atoms with Crippen LogP contribution in [0.25, 0.3) is 22.4 Å². The Morgan fingerprint density at radius 2 is 1.80 bits per heavy atom. The minimum atomic E-state index is -0.571. The molecule has 0 aliphatic carbocycles. The van der Waals surface area contributed by atoms with Crippen molar-refractivity contribution in [3.8, 4) is 17.2 Å². The fourth-order valence-electron chi connectivity index (χ4n) is 2.31. The molecule has 0 bridgehead atoms. The van der Waals surface area contributed by atoms with Crippen molar-refractivity contribution < 1.29 is 13.9 Å². The van der Waals surface area contributed by atoms with Gasteiger partial charge < -0.3 is 13.9 Å². The van der Waals surface area contributed by atoms with E-state index in [1.807, 2.05) is 12.1 Å². The van der Waals surface area contributed by atoms with Gasteiger partial charge in [0.25, 0.3) is 5.89 Å². The zero-order valence-electron chi connectivity index (χ0n) is 12.8. The molecule has 0 aliphatic rings. The maximum atomic E-state index is 12.1. The number of phenolic OH excluding ortho intramolecular Hbond substituents is 1. The van der Waals surface area contributed by atoms with Gasteiger partial charge in [0.05, 0.1) is 0 Å². The molecular formula is C18H11N3O4. The Balaban J connectivity index is 1.69. The Hall–Kier alpha value is -3.74. The van der Waals surface area contributed by atoms with Gasteiger partial charge in [-0.25, -0.2) is 9.79 Å². The molecule has 0 saturated carbocycles. The summed E-state index contributed by atoms with van der Waals surface area (Å²) in [5.74, 6) is 0.102. The molecule has 2 heterocycles. The first-order chi connectivity index (χ1) is 12.2. The number of phenols is 1. The normalized spacial score (nSPS) is 11.4. The van der Waals surface area contributed by atoms with Gasteiger partial charge in [-0.1, -0.05) is 35.4 Å². The van der Waals surface area contributed by atoms with Crippen LogP contribution >= 0.6 is 0 Å². The summed E-state index contributed by atoms with van der Waals surface area (Å²) in [6.07, 6.45) is 1.40. The van der Waals surface area contributed by atoms with E-state index in [0.717, 1.165) is 5.39 Å². The number of hydrogen-bond acceptors (Lipinski definition) is 7. The fraction of sp³-hybridized carbons (Fsp3) is 0. The third kappa shape index (κ3) is 2.90. The molecule has 0 aliphatic heterocycles. The minimum Gasteiger partial charge on any atom is -0.507 e. The smallest absolute Gasteiger partial charge is 0.349 e. The summed E-state index contributed by atoms with van der Waals surface area (Å²) in [4.78, 5) is 16.1. The molecule has 0 unspecified atom stereocenters. The molecule has 2 aromatic carbocycles. The standard InChI is InChI=1S/C18H11N3O4/c22-14-7-3-1-6-12(14)10-19-18-21-20-16(25-18)13-9-11-5-2-4-8-15(11)24-17(13)23/h1-10,22H/b19-10+. The number of aromatic hydroxyl groups is 1. The predicted octanol–water partition coefficient (Wildman–Crippen LogP) is 3.30. The largest absolute Gasteiger partial charge is 0.507 e. The van der Waals surface area contributed by atoms with Crippen LogP contribution in [0.1, 0.15) is 5.56 Å². The molecule has 0 spiro atoms. The van der Waals surface area contributed by atoms with Crippen LogP contribution in [0.2, 0.25) is 0 Å².